The fraction of sp³-hybridized carbons (Fsp3) is 0.812. The fourth-order valence-corrected chi connectivity index (χ4v) is 2.76. The minimum absolute atomic E-state index is 0.0406. The molecule has 0 unspecified atom stereocenters. The first kappa shape index (κ1) is 13.6. The lowest BCUT2D eigenvalue weighted by Gasteiger charge is -2.15. The van der Waals surface area contributed by atoms with Crippen LogP contribution in [-0.2, 0) is 9.53 Å². The predicted octanol–water partition coefficient (Wildman–Crippen LogP) is 3.96. The van der Waals surface area contributed by atoms with Crippen molar-refractivity contribution in [3.05, 3.63) is 11.6 Å². The van der Waals surface area contributed by atoms with E-state index >= 15 is 0 Å². The van der Waals surface area contributed by atoms with Gasteiger partial charge < -0.3 is 4.74 Å². The number of rotatable bonds is 6. The molecule has 0 aliphatic heterocycles. The van der Waals surface area contributed by atoms with Crippen LogP contribution in [0, 0.1) is 23.2 Å². The molecule has 0 spiro atoms. The zero-order valence-corrected chi connectivity index (χ0v) is 12.2. The van der Waals surface area contributed by atoms with Crippen molar-refractivity contribution in [3.63, 3.8) is 0 Å². The molecule has 0 radical (unpaired) electrons. The van der Waals surface area contributed by atoms with Crippen LogP contribution in [0.1, 0.15) is 53.4 Å². The molecule has 2 rings (SSSR count). The largest absolute Gasteiger partial charge is 0.465 e. The van der Waals surface area contributed by atoms with Gasteiger partial charge in [-0.05, 0) is 51.4 Å². The molecule has 2 heteroatoms. The summed E-state index contributed by atoms with van der Waals surface area (Å²) < 4.78 is 5.44. The van der Waals surface area contributed by atoms with Gasteiger partial charge in [0, 0.05) is 5.41 Å². The standard InChI is InChI=1S/C16H26O2/c1-11(2)5-6-12(3)14-9-16(14,4)10-18-15(17)13-7-8-13/h5,12-14H,6-10H2,1-4H3/t12-,14+,16+/m0/s1. The fourth-order valence-electron chi connectivity index (χ4n) is 2.76. The summed E-state index contributed by atoms with van der Waals surface area (Å²) in [6.07, 6.45) is 6.76. The van der Waals surface area contributed by atoms with Crippen LogP contribution in [0.5, 0.6) is 0 Å². The van der Waals surface area contributed by atoms with Gasteiger partial charge in [-0.1, -0.05) is 25.5 Å². The summed E-state index contributed by atoms with van der Waals surface area (Å²) in [5.41, 5.74) is 1.64. The first-order valence-corrected chi connectivity index (χ1v) is 7.22. The van der Waals surface area contributed by atoms with Crippen molar-refractivity contribution in [1.82, 2.24) is 0 Å². The first-order chi connectivity index (χ1) is 8.42. The SMILES string of the molecule is CC(C)=CC[C@H](C)[C@H]1C[C@]1(C)COC(=O)C1CC1. The normalized spacial score (nSPS) is 31.7. The zero-order valence-electron chi connectivity index (χ0n) is 12.2. The Morgan fingerprint density at radius 1 is 1.44 bits per heavy atom. The predicted molar refractivity (Wildman–Crippen MR) is 73.1 cm³/mol. The second-order valence-electron chi connectivity index (χ2n) is 6.84. The van der Waals surface area contributed by atoms with Crippen LogP contribution >= 0.6 is 0 Å². The molecule has 0 aromatic heterocycles. The molecule has 0 aromatic rings. The highest BCUT2D eigenvalue weighted by Crippen LogP contribution is 2.57. The van der Waals surface area contributed by atoms with E-state index in [4.69, 9.17) is 4.74 Å². The molecular weight excluding hydrogens is 224 g/mol. The third-order valence-electron chi connectivity index (χ3n) is 4.46. The molecule has 0 amide bonds. The number of ether oxygens (including phenoxy) is 1. The molecule has 2 nitrogen and oxygen atoms in total. The smallest absolute Gasteiger partial charge is 0.308 e. The summed E-state index contributed by atoms with van der Waals surface area (Å²) in [6.45, 7) is 9.51. The lowest BCUT2D eigenvalue weighted by atomic mass is 9.94. The molecule has 102 valence electrons. The quantitative estimate of drug-likeness (QED) is 0.527. The molecule has 0 N–H and O–H groups in total. The Morgan fingerprint density at radius 2 is 2.11 bits per heavy atom. The highest BCUT2D eigenvalue weighted by molar-refractivity contribution is 5.74. The number of carbonyl (C=O) groups is 1. The summed E-state index contributed by atoms with van der Waals surface area (Å²) in [7, 11) is 0. The Bertz CT molecular complexity index is 350. The summed E-state index contributed by atoms with van der Waals surface area (Å²) >= 11 is 0. The lowest BCUT2D eigenvalue weighted by Crippen LogP contribution is -2.17. The number of hydrogen-bond acceptors (Lipinski definition) is 2. The van der Waals surface area contributed by atoms with E-state index in [2.05, 4.69) is 33.8 Å². The molecule has 0 bridgehead atoms. The topological polar surface area (TPSA) is 26.3 Å². The molecule has 2 saturated carbocycles. The van der Waals surface area contributed by atoms with Gasteiger partial charge in [-0.3, -0.25) is 4.79 Å². The van der Waals surface area contributed by atoms with Gasteiger partial charge in [0.2, 0.25) is 0 Å². The second-order valence-corrected chi connectivity index (χ2v) is 6.84. The minimum atomic E-state index is 0.0406. The maximum absolute atomic E-state index is 11.5. The van der Waals surface area contributed by atoms with Crippen molar-refractivity contribution in [2.75, 3.05) is 6.61 Å². The highest BCUT2D eigenvalue weighted by Gasteiger charge is 2.53. The van der Waals surface area contributed by atoms with E-state index in [0.29, 0.717) is 12.5 Å². The van der Waals surface area contributed by atoms with E-state index in [9.17, 15) is 4.79 Å². The third kappa shape index (κ3) is 3.37. The number of hydrogen-bond donors (Lipinski definition) is 0. The summed E-state index contributed by atoms with van der Waals surface area (Å²) in [6, 6.07) is 0. The Balaban J connectivity index is 1.73. The molecular formula is C16H26O2. The summed E-state index contributed by atoms with van der Waals surface area (Å²) in [4.78, 5) is 11.5. The van der Waals surface area contributed by atoms with E-state index in [1.807, 2.05) is 0 Å². The van der Waals surface area contributed by atoms with E-state index < -0.39 is 0 Å². The van der Waals surface area contributed by atoms with Crippen molar-refractivity contribution >= 4 is 5.97 Å². The molecule has 2 fully saturated rings. The number of esters is 1. The Morgan fingerprint density at radius 3 is 2.67 bits per heavy atom. The van der Waals surface area contributed by atoms with Gasteiger partial charge in [-0.15, -0.1) is 0 Å². The van der Waals surface area contributed by atoms with Crippen LogP contribution < -0.4 is 0 Å². The lowest BCUT2D eigenvalue weighted by molar-refractivity contribution is -0.147. The van der Waals surface area contributed by atoms with Gasteiger partial charge >= 0.3 is 5.97 Å². The highest BCUT2D eigenvalue weighted by atomic mass is 16.5. The van der Waals surface area contributed by atoms with Crippen molar-refractivity contribution in [1.29, 1.82) is 0 Å². The molecule has 0 saturated heterocycles. The number of carbonyl (C=O) groups excluding carboxylic acids is 1. The van der Waals surface area contributed by atoms with Crippen LogP contribution in [0.3, 0.4) is 0 Å². The van der Waals surface area contributed by atoms with Gasteiger partial charge in [0.1, 0.15) is 0 Å². The van der Waals surface area contributed by atoms with E-state index in [1.54, 1.807) is 0 Å². The van der Waals surface area contributed by atoms with Gasteiger partial charge in [0.15, 0.2) is 0 Å². The zero-order chi connectivity index (χ0) is 13.3. The van der Waals surface area contributed by atoms with Crippen LogP contribution in [-0.4, -0.2) is 12.6 Å². The van der Waals surface area contributed by atoms with E-state index in [1.165, 1.54) is 12.0 Å². The average molecular weight is 250 g/mol. The van der Waals surface area contributed by atoms with Crippen LogP contribution in [0.25, 0.3) is 0 Å². The Hall–Kier alpha value is -0.790. The van der Waals surface area contributed by atoms with Crippen LogP contribution in [0.2, 0.25) is 0 Å². The van der Waals surface area contributed by atoms with Gasteiger partial charge in [0.05, 0.1) is 12.5 Å². The van der Waals surface area contributed by atoms with Crippen LogP contribution in [0.4, 0.5) is 0 Å². The molecule has 0 heterocycles. The molecule has 3 atom stereocenters. The molecule has 0 aromatic carbocycles. The molecule has 2 aliphatic carbocycles. The van der Waals surface area contributed by atoms with Gasteiger partial charge in [-0.2, -0.15) is 0 Å². The maximum atomic E-state index is 11.5. The third-order valence-corrected chi connectivity index (χ3v) is 4.46. The first-order valence-electron chi connectivity index (χ1n) is 7.22. The summed E-state index contributed by atoms with van der Waals surface area (Å²) in [5.74, 6) is 1.69. The van der Waals surface area contributed by atoms with E-state index in [-0.39, 0.29) is 17.3 Å². The summed E-state index contributed by atoms with van der Waals surface area (Å²) in [5, 5.41) is 0. The van der Waals surface area contributed by atoms with Crippen molar-refractivity contribution in [3.8, 4) is 0 Å². The van der Waals surface area contributed by atoms with E-state index in [0.717, 1.165) is 25.2 Å². The molecule has 2 aliphatic rings. The van der Waals surface area contributed by atoms with Crippen molar-refractivity contribution in [2.45, 2.75) is 53.4 Å². The van der Waals surface area contributed by atoms with Gasteiger partial charge in [0.25, 0.3) is 0 Å². The van der Waals surface area contributed by atoms with Gasteiger partial charge in [-0.25, -0.2) is 0 Å². The van der Waals surface area contributed by atoms with Crippen molar-refractivity contribution < 1.29 is 9.53 Å². The maximum Gasteiger partial charge on any atom is 0.308 e. The monoisotopic (exact) mass is 250 g/mol. The second kappa shape index (κ2) is 5.07. The molecule has 18 heavy (non-hydrogen) atoms. The Kier molecular flexibility index (Phi) is 3.84. The minimum Gasteiger partial charge on any atom is -0.465 e. The number of allylic oxidation sites excluding steroid dienone is 2. The van der Waals surface area contributed by atoms with Crippen molar-refractivity contribution in [2.24, 2.45) is 23.2 Å². The Labute approximate surface area is 111 Å². The average Bonchev–Trinajstić information content (AvgIpc) is 3.18. The van der Waals surface area contributed by atoms with Crippen LogP contribution in [0.15, 0.2) is 11.6 Å².